The summed E-state index contributed by atoms with van der Waals surface area (Å²) < 4.78 is 41.2. The van der Waals surface area contributed by atoms with Crippen LogP contribution in [0, 0.1) is 29.6 Å². The van der Waals surface area contributed by atoms with Crippen LogP contribution < -0.4 is 25.8 Å². The van der Waals surface area contributed by atoms with Crippen molar-refractivity contribution in [2.45, 2.75) is 43.9 Å². The highest BCUT2D eigenvalue weighted by Gasteiger charge is 2.35. The molecule has 14 heteroatoms. The minimum Gasteiger partial charge on any atom is -0.475 e. The Kier molecular flexibility index (Phi) is 8.29. The molecular formula is C34H31F2N9O2S. The Balaban J connectivity index is 0.000000347. The van der Waals surface area contributed by atoms with E-state index in [0.29, 0.717) is 40.8 Å². The zero-order valence-corrected chi connectivity index (χ0v) is 26.8. The lowest BCUT2D eigenvalue weighted by molar-refractivity contribution is 0.284. The quantitative estimate of drug-likeness (QED) is 0.247. The Hall–Kier alpha value is -5.31. The first-order valence-electron chi connectivity index (χ1n) is 15.4. The summed E-state index contributed by atoms with van der Waals surface area (Å²) in [5.41, 5.74) is 13.4. The van der Waals surface area contributed by atoms with Gasteiger partial charge in [-0.15, -0.1) is 11.3 Å². The number of thiophene rings is 1. The molecule has 11 nitrogen and oxygen atoms in total. The summed E-state index contributed by atoms with van der Waals surface area (Å²) in [5.74, 6) is -0.0304. The van der Waals surface area contributed by atoms with E-state index in [1.54, 1.807) is 29.3 Å². The SMILES string of the molecule is C#CN1c2nc(OC)nc3c(F)c(-c4cccc5sc(N)c(C#N)c45)nc(c23)OCC1Cc1ccnc(N)c1.FC1CC2CCCN2C1. The van der Waals surface area contributed by atoms with Crippen LogP contribution in [-0.4, -0.2) is 69.9 Å². The van der Waals surface area contributed by atoms with Gasteiger partial charge < -0.3 is 20.9 Å². The average molecular weight is 668 g/mol. The largest absolute Gasteiger partial charge is 0.475 e. The lowest BCUT2D eigenvalue weighted by Crippen LogP contribution is -2.37. The standard InChI is InChI=1S/C27H19FN8O2S.C7H12FN/c1-3-36-14(9-13-7-8-32-18(30)10-13)12-38-26-20-23(34-27(37-2)35-25(20)36)21(28)22(33-26)15-5-4-6-17-19(15)16(11-29)24(31)39-17;8-6-4-7-2-1-3-9(7)5-6/h1,4-8,10,14H,9,12,31H2,2H3,(H2,30,32);6-7H,1-5H2. The van der Waals surface area contributed by atoms with E-state index in [4.69, 9.17) is 27.4 Å². The van der Waals surface area contributed by atoms with Gasteiger partial charge in [0.25, 0.3) is 0 Å². The molecule has 3 aliphatic heterocycles. The van der Waals surface area contributed by atoms with Crippen molar-refractivity contribution >= 4 is 49.0 Å². The predicted molar refractivity (Wildman–Crippen MR) is 181 cm³/mol. The molecule has 3 unspecified atom stereocenters. The highest BCUT2D eigenvalue weighted by atomic mass is 32.1. The lowest BCUT2D eigenvalue weighted by Gasteiger charge is -2.25. The zero-order valence-electron chi connectivity index (χ0n) is 26.0. The van der Waals surface area contributed by atoms with Crippen molar-refractivity contribution in [2.24, 2.45) is 0 Å². The van der Waals surface area contributed by atoms with Crippen LogP contribution in [-0.2, 0) is 6.42 Å². The number of nitriles is 1. The predicted octanol–water partition coefficient (Wildman–Crippen LogP) is 5.08. The molecule has 4 N–H and O–H groups in total. The maximum atomic E-state index is 16.3. The number of anilines is 3. The van der Waals surface area contributed by atoms with Crippen LogP contribution in [0.3, 0.4) is 0 Å². The summed E-state index contributed by atoms with van der Waals surface area (Å²) in [6.07, 6.45) is 10.8. The molecule has 0 saturated carbocycles. The third kappa shape index (κ3) is 5.53. The summed E-state index contributed by atoms with van der Waals surface area (Å²) in [6, 6.07) is 13.7. The molecule has 4 aromatic heterocycles. The lowest BCUT2D eigenvalue weighted by atomic mass is 10.0. The number of alkyl halides is 1. The Labute approximate surface area is 279 Å². The Morgan fingerprint density at radius 1 is 1.21 bits per heavy atom. The number of terminal acetylenes is 1. The summed E-state index contributed by atoms with van der Waals surface area (Å²) in [5, 5.41) is 10.8. The van der Waals surface area contributed by atoms with Gasteiger partial charge in [0.1, 0.15) is 46.3 Å². The van der Waals surface area contributed by atoms with E-state index in [-0.39, 0.29) is 46.5 Å². The van der Waals surface area contributed by atoms with E-state index < -0.39 is 18.0 Å². The van der Waals surface area contributed by atoms with E-state index in [1.165, 1.54) is 31.3 Å². The van der Waals surface area contributed by atoms with Crippen molar-refractivity contribution in [3.05, 3.63) is 53.5 Å². The second kappa shape index (κ2) is 12.7. The van der Waals surface area contributed by atoms with Gasteiger partial charge in [0.2, 0.25) is 5.88 Å². The maximum Gasteiger partial charge on any atom is 0.318 e. The summed E-state index contributed by atoms with van der Waals surface area (Å²) >= 11 is 1.25. The van der Waals surface area contributed by atoms with Gasteiger partial charge in [0.05, 0.1) is 18.7 Å². The molecule has 5 aromatic rings. The minimum atomic E-state index is -0.738. The molecule has 244 valence electrons. The minimum absolute atomic E-state index is 0.0447. The first-order chi connectivity index (χ1) is 23.3. The Morgan fingerprint density at radius 3 is 2.81 bits per heavy atom. The number of hydrogen-bond donors (Lipinski definition) is 2. The number of hydrogen-bond acceptors (Lipinski definition) is 12. The number of pyridine rings is 2. The van der Waals surface area contributed by atoms with Crippen molar-refractivity contribution in [2.75, 3.05) is 43.2 Å². The van der Waals surface area contributed by atoms with Crippen LogP contribution in [0.25, 0.3) is 32.2 Å². The van der Waals surface area contributed by atoms with Crippen LogP contribution in [0.5, 0.6) is 11.9 Å². The first kappa shape index (κ1) is 31.3. The van der Waals surface area contributed by atoms with E-state index in [2.05, 4.69) is 36.9 Å². The number of nitrogen functional groups attached to an aromatic ring is 2. The number of halogens is 2. The van der Waals surface area contributed by atoms with Crippen molar-refractivity contribution in [1.82, 2.24) is 24.8 Å². The molecule has 3 atom stereocenters. The van der Waals surface area contributed by atoms with Gasteiger partial charge in [-0.1, -0.05) is 18.6 Å². The summed E-state index contributed by atoms with van der Waals surface area (Å²) in [6.45, 7) is 1.97. The molecule has 0 aliphatic carbocycles. The zero-order chi connectivity index (χ0) is 33.5. The highest BCUT2D eigenvalue weighted by Crippen LogP contribution is 2.44. The van der Waals surface area contributed by atoms with Crippen LogP contribution >= 0.6 is 11.3 Å². The molecule has 0 amide bonds. The van der Waals surface area contributed by atoms with Crippen molar-refractivity contribution in [3.63, 3.8) is 0 Å². The third-order valence-corrected chi connectivity index (χ3v) is 9.91. The van der Waals surface area contributed by atoms with E-state index in [0.717, 1.165) is 23.2 Å². The summed E-state index contributed by atoms with van der Waals surface area (Å²) in [7, 11) is 1.38. The smallest absolute Gasteiger partial charge is 0.318 e. The number of fused-ring (bicyclic) bond motifs is 2. The monoisotopic (exact) mass is 667 g/mol. The van der Waals surface area contributed by atoms with Crippen LogP contribution in [0.4, 0.5) is 25.4 Å². The fraction of sp³-hybridized carbons (Fsp3) is 0.324. The van der Waals surface area contributed by atoms with Crippen LogP contribution in [0.15, 0.2) is 36.5 Å². The van der Waals surface area contributed by atoms with Crippen molar-refractivity contribution < 1.29 is 18.3 Å². The second-order valence-electron chi connectivity index (χ2n) is 11.8. The van der Waals surface area contributed by atoms with Gasteiger partial charge in [0.15, 0.2) is 11.6 Å². The average Bonchev–Trinajstić information content (AvgIpc) is 3.73. The molecule has 0 radical (unpaired) electrons. The van der Waals surface area contributed by atoms with Crippen LogP contribution in [0.1, 0.15) is 30.4 Å². The number of nitrogens with two attached hydrogens (primary N) is 2. The second-order valence-corrected chi connectivity index (χ2v) is 12.9. The van der Waals surface area contributed by atoms with Gasteiger partial charge in [-0.05, 0) is 56.0 Å². The Bertz CT molecular complexity index is 2120. The maximum absolute atomic E-state index is 16.3. The van der Waals surface area contributed by atoms with Crippen molar-refractivity contribution in [1.29, 1.82) is 5.26 Å². The normalized spacial score (nSPS) is 19.9. The highest BCUT2D eigenvalue weighted by molar-refractivity contribution is 7.23. The molecule has 2 fully saturated rings. The van der Waals surface area contributed by atoms with Crippen molar-refractivity contribution in [3.8, 4) is 41.7 Å². The molecule has 48 heavy (non-hydrogen) atoms. The van der Waals surface area contributed by atoms with E-state index in [9.17, 15) is 9.65 Å². The van der Waals surface area contributed by atoms with E-state index in [1.807, 2.05) is 12.1 Å². The third-order valence-electron chi connectivity index (χ3n) is 8.93. The number of methoxy groups -OCH3 is 1. The molecular weight excluding hydrogens is 636 g/mol. The Morgan fingerprint density at radius 2 is 2.06 bits per heavy atom. The number of nitrogens with zero attached hydrogens (tertiary/aromatic N) is 7. The number of aromatic nitrogens is 4. The molecule has 1 aromatic carbocycles. The number of ether oxygens (including phenoxy) is 2. The first-order valence-corrected chi connectivity index (χ1v) is 16.2. The molecule has 7 heterocycles. The van der Waals surface area contributed by atoms with Gasteiger partial charge in [-0.2, -0.15) is 15.2 Å². The molecule has 0 bridgehead atoms. The number of benzene rings is 1. The van der Waals surface area contributed by atoms with Gasteiger partial charge >= 0.3 is 6.01 Å². The van der Waals surface area contributed by atoms with Gasteiger partial charge in [0, 0.05) is 40.5 Å². The molecule has 2 saturated heterocycles. The molecule has 8 rings (SSSR count). The number of rotatable bonds is 4. The van der Waals surface area contributed by atoms with Gasteiger partial charge in [-0.3, -0.25) is 9.80 Å². The van der Waals surface area contributed by atoms with Gasteiger partial charge in [-0.25, -0.2) is 18.7 Å². The molecule has 0 spiro atoms. The topological polar surface area (TPSA) is 152 Å². The van der Waals surface area contributed by atoms with E-state index >= 15 is 4.39 Å². The summed E-state index contributed by atoms with van der Waals surface area (Å²) in [4.78, 5) is 21.2. The fourth-order valence-corrected chi connectivity index (χ4v) is 7.73. The molecule has 3 aliphatic rings. The van der Waals surface area contributed by atoms with Crippen LogP contribution in [0.2, 0.25) is 0 Å². The fourth-order valence-electron chi connectivity index (χ4n) is 6.79.